The molecule has 0 atom stereocenters. The molecule has 6 N–H and O–H groups in total. The van der Waals surface area contributed by atoms with E-state index in [-0.39, 0.29) is 12.4 Å². The summed E-state index contributed by atoms with van der Waals surface area (Å²) in [5, 5.41) is 14.4. The van der Waals surface area contributed by atoms with Crippen molar-refractivity contribution in [2.75, 3.05) is 0 Å². The lowest BCUT2D eigenvalue weighted by molar-refractivity contribution is -0.136. The van der Waals surface area contributed by atoms with E-state index >= 15 is 0 Å². The minimum atomic E-state index is -0.742. The molecule has 0 bridgehead atoms. The van der Waals surface area contributed by atoms with E-state index in [1.165, 1.54) is 0 Å². The number of hydrogen-bond donors (Lipinski definition) is 4. The van der Waals surface area contributed by atoms with E-state index in [0.29, 0.717) is 6.42 Å². The molecule has 0 saturated carbocycles. The fourth-order valence-corrected chi connectivity index (χ4v) is 0.896. The Hall–Kier alpha value is -2.04. The van der Waals surface area contributed by atoms with Crippen molar-refractivity contribution in [1.82, 2.24) is 0 Å². The van der Waals surface area contributed by atoms with Gasteiger partial charge in [-0.15, -0.1) is 0 Å². The van der Waals surface area contributed by atoms with Crippen LogP contribution in [0.5, 0.6) is 0 Å². The predicted octanol–water partition coefficient (Wildman–Crippen LogP) is 0.542. The van der Waals surface area contributed by atoms with Gasteiger partial charge in [-0.3, -0.25) is 10.2 Å². The monoisotopic (exact) mass is 209 g/mol. The quantitative estimate of drug-likeness (QED) is 0.429. The molecule has 0 fully saturated rings. The number of hydrogen-bond acceptors (Lipinski definition) is 2. The third-order valence-electron chi connectivity index (χ3n) is 1.47. The Labute approximate surface area is 88.2 Å². The number of rotatable bonds is 3. The lowest BCUT2D eigenvalue weighted by Crippen LogP contribution is -2.20. The van der Waals surface area contributed by atoms with Gasteiger partial charge in [0.2, 0.25) is 0 Å². The van der Waals surface area contributed by atoms with Gasteiger partial charge in [-0.1, -0.05) is 30.3 Å². The second-order valence-corrected chi connectivity index (χ2v) is 2.83. The standard InChI is InChI=1S/C9H10O2.CH5N3/c10-9(11)7-6-8-4-2-1-3-5-8;2-1(3)4/h1-5H,6-7H2,(H,10,11);(H5,2,3,4). The van der Waals surface area contributed by atoms with Crippen LogP contribution in [0, 0.1) is 5.41 Å². The van der Waals surface area contributed by atoms with E-state index in [1.807, 2.05) is 30.3 Å². The minimum Gasteiger partial charge on any atom is -0.481 e. The van der Waals surface area contributed by atoms with Crippen LogP contribution in [0.1, 0.15) is 12.0 Å². The molecule has 15 heavy (non-hydrogen) atoms. The van der Waals surface area contributed by atoms with Crippen molar-refractivity contribution >= 4 is 11.9 Å². The second kappa shape index (κ2) is 7.37. The van der Waals surface area contributed by atoms with Gasteiger partial charge in [-0.05, 0) is 12.0 Å². The fourth-order valence-electron chi connectivity index (χ4n) is 0.896. The average molecular weight is 209 g/mol. The SMILES string of the molecule is N=C(N)N.O=C(O)CCc1ccccc1. The van der Waals surface area contributed by atoms with Crippen LogP contribution in [0.3, 0.4) is 0 Å². The predicted molar refractivity (Wildman–Crippen MR) is 58.5 cm³/mol. The normalized spacial score (nSPS) is 8.53. The number of guanidine groups is 1. The Morgan fingerprint density at radius 2 is 1.73 bits per heavy atom. The number of aliphatic carboxylic acids is 1. The van der Waals surface area contributed by atoms with Crippen LogP contribution >= 0.6 is 0 Å². The molecular formula is C10H15N3O2. The summed E-state index contributed by atoms with van der Waals surface area (Å²) in [4.78, 5) is 10.2. The van der Waals surface area contributed by atoms with Crippen molar-refractivity contribution in [3.05, 3.63) is 35.9 Å². The molecule has 0 aliphatic rings. The maximum Gasteiger partial charge on any atom is 0.303 e. The summed E-state index contributed by atoms with van der Waals surface area (Å²) in [6.07, 6.45) is 0.834. The van der Waals surface area contributed by atoms with Gasteiger partial charge < -0.3 is 16.6 Å². The van der Waals surface area contributed by atoms with Crippen LogP contribution in [0.4, 0.5) is 0 Å². The molecule has 5 heteroatoms. The van der Waals surface area contributed by atoms with E-state index in [0.717, 1.165) is 5.56 Å². The highest BCUT2D eigenvalue weighted by Gasteiger charge is 1.96. The largest absolute Gasteiger partial charge is 0.481 e. The molecule has 1 rings (SSSR count). The molecule has 5 nitrogen and oxygen atoms in total. The molecule has 0 aliphatic carbocycles. The molecule has 1 aromatic rings. The Bertz CT molecular complexity index is 308. The maximum absolute atomic E-state index is 10.2. The van der Waals surface area contributed by atoms with Gasteiger partial charge in [-0.25, -0.2) is 0 Å². The lowest BCUT2D eigenvalue weighted by Gasteiger charge is -1.95. The first-order valence-electron chi connectivity index (χ1n) is 4.37. The summed E-state index contributed by atoms with van der Waals surface area (Å²) >= 11 is 0. The van der Waals surface area contributed by atoms with Crippen molar-refractivity contribution in [3.63, 3.8) is 0 Å². The van der Waals surface area contributed by atoms with E-state index in [1.54, 1.807) is 0 Å². The highest BCUT2D eigenvalue weighted by atomic mass is 16.4. The number of benzene rings is 1. The van der Waals surface area contributed by atoms with E-state index in [9.17, 15) is 4.79 Å². The van der Waals surface area contributed by atoms with Gasteiger partial charge in [0.05, 0.1) is 0 Å². The zero-order valence-electron chi connectivity index (χ0n) is 8.31. The average Bonchev–Trinajstić information content (AvgIpc) is 2.15. The summed E-state index contributed by atoms with van der Waals surface area (Å²) in [7, 11) is 0. The van der Waals surface area contributed by atoms with Crippen molar-refractivity contribution in [3.8, 4) is 0 Å². The van der Waals surface area contributed by atoms with Gasteiger partial charge in [0.1, 0.15) is 0 Å². The molecule has 0 radical (unpaired) electrons. The fraction of sp³-hybridized carbons (Fsp3) is 0.200. The van der Waals surface area contributed by atoms with Crippen LogP contribution in [0.25, 0.3) is 0 Å². The number of carbonyl (C=O) groups is 1. The molecule has 82 valence electrons. The number of nitrogens with two attached hydrogens (primary N) is 2. The molecule has 0 heterocycles. The summed E-state index contributed by atoms with van der Waals surface area (Å²) in [6.45, 7) is 0. The van der Waals surface area contributed by atoms with Crippen molar-refractivity contribution in [1.29, 1.82) is 5.41 Å². The highest BCUT2D eigenvalue weighted by Crippen LogP contribution is 2.01. The number of aryl methyl sites for hydroxylation is 1. The third-order valence-corrected chi connectivity index (χ3v) is 1.47. The van der Waals surface area contributed by atoms with Crippen LogP contribution in [-0.2, 0) is 11.2 Å². The van der Waals surface area contributed by atoms with Crippen molar-refractivity contribution < 1.29 is 9.90 Å². The topological polar surface area (TPSA) is 113 Å². The first kappa shape index (κ1) is 13.0. The summed E-state index contributed by atoms with van der Waals surface area (Å²) in [6, 6.07) is 9.62. The summed E-state index contributed by atoms with van der Waals surface area (Å²) in [5.74, 6) is -1.08. The zero-order valence-corrected chi connectivity index (χ0v) is 8.31. The van der Waals surface area contributed by atoms with Gasteiger partial charge in [0.25, 0.3) is 0 Å². The molecule has 1 aromatic carbocycles. The lowest BCUT2D eigenvalue weighted by atomic mass is 10.1. The highest BCUT2D eigenvalue weighted by molar-refractivity contribution is 5.71. The van der Waals surface area contributed by atoms with Crippen LogP contribution < -0.4 is 11.5 Å². The van der Waals surface area contributed by atoms with Crippen LogP contribution in [-0.4, -0.2) is 17.0 Å². The summed E-state index contributed by atoms with van der Waals surface area (Å²) < 4.78 is 0. The molecule has 0 spiro atoms. The maximum atomic E-state index is 10.2. The Morgan fingerprint density at radius 1 is 1.27 bits per heavy atom. The van der Waals surface area contributed by atoms with Gasteiger partial charge >= 0.3 is 5.97 Å². The summed E-state index contributed by atoms with van der Waals surface area (Å²) in [5.41, 5.74) is 10.0. The molecular weight excluding hydrogens is 194 g/mol. The van der Waals surface area contributed by atoms with Crippen LogP contribution in [0.2, 0.25) is 0 Å². The molecule has 0 unspecified atom stereocenters. The van der Waals surface area contributed by atoms with Gasteiger partial charge in [0.15, 0.2) is 5.96 Å². The minimum absolute atomic E-state index is 0.212. The van der Waals surface area contributed by atoms with Gasteiger partial charge in [-0.2, -0.15) is 0 Å². The molecule has 0 saturated heterocycles. The zero-order chi connectivity index (χ0) is 11.7. The molecule has 0 aromatic heterocycles. The van der Waals surface area contributed by atoms with E-state index in [4.69, 9.17) is 10.5 Å². The Balaban J connectivity index is 0.000000423. The van der Waals surface area contributed by atoms with E-state index in [2.05, 4.69) is 11.5 Å². The number of carboxylic acid groups (broad SMARTS) is 1. The van der Waals surface area contributed by atoms with Crippen molar-refractivity contribution in [2.24, 2.45) is 11.5 Å². The van der Waals surface area contributed by atoms with Crippen LogP contribution in [0.15, 0.2) is 30.3 Å². The first-order chi connectivity index (χ1) is 7.02. The Morgan fingerprint density at radius 3 is 2.13 bits per heavy atom. The molecule has 0 amide bonds. The van der Waals surface area contributed by atoms with E-state index < -0.39 is 5.97 Å². The third kappa shape index (κ3) is 9.88. The van der Waals surface area contributed by atoms with Crippen molar-refractivity contribution in [2.45, 2.75) is 12.8 Å². The second-order valence-electron chi connectivity index (χ2n) is 2.83. The smallest absolute Gasteiger partial charge is 0.303 e. The van der Waals surface area contributed by atoms with Gasteiger partial charge in [0, 0.05) is 6.42 Å². The first-order valence-corrected chi connectivity index (χ1v) is 4.37. The molecule has 0 aliphatic heterocycles. The number of nitrogens with one attached hydrogen (secondary N) is 1. The number of carboxylic acids is 1. The Kier molecular flexibility index (Phi) is 6.37.